The number of halogens is 3. The van der Waals surface area contributed by atoms with E-state index in [1.807, 2.05) is 11.6 Å². The van der Waals surface area contributed by atoms with Gasteiger partial charge in [0.25, 0.3) is 5.91 Å². The number of amides is 1. The third-order valence-corrected chi connectivity index (χ3v) is 6.31. The van der Waals surface area contributed by atoms with E-state index < -0.39 is 11.7 Å². The monoisotopic (exact) mass is 472 g/mol. The number of para-hydroxylation sites is 1. The zero-order valence-electron chi connectivity index (χ0n) is 20.1. The van der Waals surface area contributed by atoms with Crippen LogP contribution in [0.3, 0.4) is 0 Å². The molecule has 1 aromatic heterocycles. The van der Waals surface area contributed by atoms with Gasteiger partial charge < -0.3 is 9.47 Å². The fraction of sp³-hybridized carbons (Fsp3) is 0.423. The minimum absolute atomic E-state index is 0.0446. The van der Waals surface area contributed by atoms with Crippen LogP contribution < -0.4 is 4.90 Å². The minimum Gasteiger partial charge on any atom is -0.321 e. The summed E-state index contributed by atoms with van der Waals surface area (Å²) in [7, 11) is 2.00. The highest BCUT2D eigenvalue weighted by Gasteiger charge is 2.40. The molecule has 0 saturated carbocycles. The number of aryl methyl sites for hydroxylation is 2. The van der Waals surface area contributed by atoms with Crippen molar-refractivity contribution in [3.63, 3.8) is 0 Å². The van der Waals surface area contributed by atoms with E-state index >= 15 is 0 Å². The van der Waals surface area contributed by atoms with Crippen molar-refractivity contribution in [3.05, 3.63) is 76.9 Å². The topological polar surface area (TPSA) is 51.0 Å². The normalized spacial score (nSPS) is 13.2. The van der Waals surface area contributed by atoms with Gasteiger partial charge >= 0.3 is 6.18 Å². The van der Waals surface area contributed by atoms with Crippen LogP contribution in [0.4, 0.5) is 18.9 Å². The van der Waals surface area contributed by atoms with Crippen molar-refractivity contribution in [2.75, 3.05) is 4.90 Å². The summed E-state index contributed by atoms with van der Waals surface area (Å²) < 4.78 is 41.9. The Hall–Kier alpha value is -3.16. The second kappa shape index (κ2) is 10.8. The van der Waals surface area contributed by atoms with Crippen LogP contribution in [0.1, 0.15) is 66.5 Å². The number of carbonyl (C=O) groups is 1. The molecule has 0 unspecified atom stereocenters. The fourth-order valence-electron chi connectivity index (χ4n) is 4.07. The molecular formula is C26H31F3N4O. The van der Waals surface area contributed by atoms with Gasteiger partial charge in [0.05, 0.1) is 12.1 Å². The van der Waals surface area contributed by atoms with Crippen molar-refractivity contribution >= 4 is 11.6 Å². The van der Waals surface area contributed by atoms with Gasteiger partial charge in [-0.05, 0) is 47.7 Å². The van der Waals surface area contributed by atoms with E-state index in [0.29, 0.717) is 17.7 Å². The quantitative estimate of drug-likeness (QED) is 0.428. The molecule has 4 rings (SSSR count). The van der Waals surface area contributed by atoms with Crippen LogP contribution in [0.2, 0.25) is 0 Å². The number of rotatable bonds is 6. The molecule has 0 radical (unpaired) electrons. The Morgan fingerprint density at radius 3 is 2.26 bits per heavy atom. The first-order valence-corrected chi connectivity index (χ1v) is 11.6. The summed E-state index contributed by atoms with van der Waals surface area (Å²) >= 11 is 0. The molecule has 0 saturated heterocycles. The van der Waals surface area contributed by atoms with Crippen LogP contribution in [0, 0.1) is 5.92 Å². The number of nitrogens with zero attached hydrogens (tertiary/aromatic N) is 4. The number of alkyl halides is 3. The molecule has 0 atom stereocenters. The summed E-state index contributed by atoms with van der Waals surface area (Å²) in [6.07, 6.45) is 1.27. The van der Waals surface area contributed by atoms with Crippen molar-refractivity contribution in [1.29, 1.82) is 0 Å². The Labute approximate surface area is 198 Å². The molecular weight excluding hydrogens is 441 g/mol. The van der Waals surface area contributed by atoms with Crippen molar-refractivity contribution in [2.45, 2.75) is 59.2 Å². The molecule has 5 nitrogen and oxygen atoms in total. The zero-order valence-corrected chi connectivity index (χ0v) is 20.1. The second-order valence-electron chi connectivity index (χ2n) is 8.49. The fourth-order valence-corrected chi connectivity index (χ4v) is 4.07. The number of carbonyl (C=O) groups excluding carboxylic acids is 1. The maximum Gasteiger partial charge on any atom is 0.416 e. The second-order valence-corrected chi connectivity index (χ2v) is 8.49. The van der Waals surface area contributed by atoms with E-state index in [-0.39, 0.29) is 23.6 Å². The first-order chi connectivity index (χ1) is 16.2. The average Bonchev–Trinajstić information content (AvgIpc) is 3.39. The van der Waals surface area contributed by atoms with E-state index in [2.05, 4.69) is 24.0 Å². The van der Waals surface area contributed by atoms with Crippen LogP contribution in [0.15, 0.2) is 48.8 Å². The first kappa shape index (κ1) is 25.5. The molecule has 2 heterocycles. The number of benzene rings is 2. The van der Waals surface area contributed by atoms with Gasteiger partial charge in [0.1, 0.15) is 12.2 Å². The molecule has 34 heavy (non-hydrogen) atoms. The van der Waals surface area contributed by atoms with Crippen molar-refractivity contribution < 1.29 is 18.0 Å². The number of aromatic nitrogens is 3. The lowest BCUT2D eigenvalue weighted by Crippen LogP contribution is -2.22. The number of hydrogen-bond donors (Lipinski definition) is 0. The summed E-state index contributed by atoms with van der Waals surface area (Å²) in [6, 6.07) is 11.5. The van der Waals surface area contributed by atoms with Gasteiger partial charge in [-0.15, -0.1) is 10.2 Å². The maximum atomic E-state index is 13.3. The Kier molecular flexibility index (Phi) is 8.12. The molecule has 0 bridgehead atoms. The first-order valence-electron chi connectivity index (χ1n) is 11.6. The van der Waals surface area contributed by atoms with Gasteiger partial charge in [0, 0.05) is 24.7 Å². The van der Waals surface area contributed by atoms with Crippen molar-refractivity contribution in [1.82, 2.24) is 14.8 Å². The highest BCUT2D eigenvalue weighted by Crippen LogP contribution is 2.39. The summed E-state index contributed by atoms with van der Waals surface area (Å²) in [6.45, 7) is 6.18. The molecule has 2 aromatic carbocycles. The van der Waals surface area contributed by atoms with Crippen LogP contribution in [-0.2, 0) is 32.6 Å². The van der Waals surface area contributed by atoms with Crippen LogP contribution in [0.25, 0.3) is 0 Å². The van der Waals surface area contributed by atoms with Crippen molar-refractivity contribution in [2.24, 2.45) is 13.0 Å². The van der Waals surface area contributed by atoms with E-state index in [4.69, 9.17) is 0 Å². The molecule has 182 valence electrons. The molecule has 3 aromatic rings. The van der Waals surface area contributed by atoms with Crippen LogP contribution in [-0.4, -0.2) is 20.7 Å². The van der Waals surface area contributed by atoms with Gasteiger partial charge in [-0.2, -0.15) is 13.2 Å². The predicted octanol–water partition coefficient (Wildman–Crippen LogP) is 6.22. The number of anilines is 1. The molecule has 1 aliphatic heterocycles. The standard InChI is InChI=1S/C17H14F3NO.C9H17N3/c1-2-11-8-13-14(15(9-11)17(18,19)20)10-21(16(13)22)12-6-4-3-5-7-12;1-4-8(5-2)6-9-11-10-7-12(9)3/h3-9H,2,10H2,1H3;7-8H,4-6H2,1-3H3. The van der Waals surface area contributed by atoms with E-state index in [1.54, 1.807) is 49.6 Å². The third-order valence-electron chi connectivity index (χ3n) is 6.31. The highest BCUT2D eigenvalue weighted by atomic mass is 19.4. The molecule has 1 amide bonds. The molecule has 0 fully saturated rings. The van der Waals surface area contributed by atoms with Gasteiger partial charge in [-0.3, -0.25) is 4.79 Å². The minimum atomic E-state index is -4.46. The molecule has 0 N–H and O–H groups in total. The largest absolute Gasteiger partial charge is 0.416 e. The van der Waals surface area contributed by atoms with Crippen LogP contribution >= 0.6 is 0 Å². The molecule has 1 aliphatic rings. The Morgan fingerprint density at radius 2 is 1.74 bits per heavy atom. The molecule has 0 aliphatic carbocycles. The summed E-state index contributed by atoms with van der Waals surface area (Å²) in [4.78, 5) is 13.9. The maximum absolute atomic E-state index is 13.3. The predicted molar refractivity (Wildman–Crippen MR) is 127 cm³/mol. The van der Waals surface area contributed by atoms with E-state index in [0.717, 1.165) is 24.2 Å². The van der Waals surface area contributed by atoms with Gasteiger partial charge in [0.2, 0.25) is 0 Å². The lowest BCUT2D eigenvalue weighted by molar-refractivity contribution is -0.138. The summed E-state index contributed by atoms with van der Waals surface area (Å²) in [5.41, 5.74) is 0.659. The smallest absolute Gasteiger partial charge is 0.321 e. The van der Waals surface area contributed by atoms with E-state index in [9.17, 15) is 18.0 Å². The highest BCUT2D eigenvalue weighted by molar-refractivity contribution is 6.10. The van der Waals surface area contributed by atoms with Gasteiger partial charge in [-0.25, -0.2) is 0 Å². The van der Waals surface area contributed by atoms with Gasteiger partial charge in [0.15, 0.2) is 0 Å². The van der Waals surface area contributed by atoms with Gasteiger partial charge in [-0.1, -0.05) is 51.8 Å². The summed E-state index contributed by atoms with van der Waals surface area (Å²) in [5.74, 6) is 1.48. The zero-order chi connectivity index (χ0) is 24.9. The lowest BCUT2D eigenvalue weighted by atomic mass is 9.98. The average molecular weight is 473 g/mol. The van der Waals surface area contributed by atoms with E-state index in [1.165, 1.54) is 17.7 Å². The third kappa shape index (κ3) is 5.66. The van der Waals surface area contributed by atoms with Crippen molar-refractivity contribution in [3.8, 4) is 0 Å². The summed E-state index contributed by atoms with van der Waals surface area (Å²) in [5, 5.41) is 7.92. The molecule has 8 heteroatoms. The Balaban J connectivity index is 0.000000229. The Morgan fingerprint density at radius 1 is 1.06 bits per heavy atom. The SMILES string of the molecule is CCC(CC)Cc1nncn1C.CCc1cc2c(c(C(F)(F)F)c1)CN(c1ccccc1)C2=O. The number of hydrogen-bond acceptors (Lipinski definition) is 3. The Bertz CT molecular complexity index is 1100. The number of fused-ring (bicyclic) bond motifs is 1. The molecule has 0 spiro atoms. The lowest BCUT2D eigenvalue weighted by Gasteiger charge is -2.16. The van der Waals surface area contributed by atoms with Crippen LogP contribution in [0.5, 0.6) is 0 Å².